The topological polar surface area (TPSA) is 38.7 Å². The van der Waals surface area contributed by atoms with Gasteiger partial charge < -0.3 is 8.63 Å². The molecule has 0 spiro atoms. The Labute approximate surface area is 179 Å². The molecule has 1 saturated carbocycles. The van der Waals surface area contributed by atoms with Gasteiger partial charge in [-0.1, -0.05) is 63.9 Å². The number of aliphatic imine (C=N–C) groups is 1. The molecule has 1 aromatic carbocycles. The zero-order chi connectivity index (χ0) is 21.9. The summed E-state index contributed by atoms with van der Waals surface area (Å²) in [5.74, 6) is -0.233. The highest BCUT2D eigenvalue weighted by Crippen LogP contribution is 2.40. The van der Waals surface area contributed by atoms with E-state index in [1.807, 2.05) is 39.1 Å². The highest BCUT2D eigenvalue weighted by molar-refractivity contribution is 7.84. The fourth-order valence-electron chi connectivity index (χ4n) is 3.40. The quantitative estimate of drug-likeness (QED) is 0.253. The summed E-state index contributed by atoms with van der Waals surface area (Å²) in [6.45, 7) is 14.9. The number of halogens is 1. The molecule has 0 aliphatic heterocycles. The maximum atomic E-state index is 13.5. The molecule has 0 radical (unpaired) electrons. The van der Waals surface area contributed by atoms with Crippen LogP contribution in [0.5, 0.6) is 0 Å². The minimum atomic E-state index is -1.27. The molecule has 1 unspecified atom stereocenters. The van der Waals surface area contributed by atoms with E-state index in [1.54, 1.807) is 5.49 Å². The lowest BCUT2D eigenvalue weighted by Crippen LogP contribution is -2.39. The van der Waals surface area contributed by atoms with Gasteiger partial charge in [0.25, 0.3) is 0 Å². The van der Waals surface area contributed by atoms with Crippen molar-refractivity contribution >= 4 is 31.1 Å². The summed E-state index contributed by atoms with van der Waals surface area (Å²) in [6.07, 6.45) is 5.93. The van der Waals surface area contributed by atoms with Crippen molar-refractivity contribution in [3.8, 4) is 0 Å². The Bertz CT molecular complexity index is 779. The Balaban J connectivity index is 2.23. The predicted octanol–water partition coefficient (Wildman–Crippen LogP) is 5.77. The lowest BCUT2D eigenvalue weighted by Gasteiger charge is -2.40. The second-order valence-electron chi connectivity index (χ2n) is 10.3. The smallest absolute Gasteiger partial charge is 0.179 e. The first-order valence-electron chi connectivity index (χ1n) is 10.5. The average molecular weight is 439 g/mol. The van der Waals surface area contributed by atoms with Crippen LogP contribution in [0, 0.1) is 5.82 Å². The molecule has 0 bridgehead atoms. The van der Waals surface area contributed by atoms with E-state index in [9.17, 15) is 8.60 Å². The summed E-state index contributed by atoms with van der Waals surface area (Å²) in [6, 6.07) is 6.74. The molecule has 1 aliphatic carbocycles. The number of hydrogen-bond acceptors (Lipinski definition) is 3. The molecule has 29 heavy (non-hydrogen) atoms. The maximum absolute atomic E-state index is 13.5. The summed E-state index contributed by atoms with van der Waals surface area (Å²) in [4.78, 5) is 4.48. The zero-order valence-corrected chi connectivity index (χ0v) is 21.0. The lowest BCUT2D eigenvalue weighted by atomic mass is 9.69. The molecule has 1 atom stereocenters. The molecule has 0 aromatic heterocycles. The van der Waals surface area contributed by atoms with Gasteiger partial charge in [0.2, 0.25) is 0 Å². The van der Waals surface area contributed by atoms with Crippen LogP contribution in [0.2, 0.25) is 11.6 Å². The van der Waals surface area contributed by atoms with Crippen molar-refractivity contribution in [3.63, 3.8) is 0 Å². The highest BCUT2D eigenvalue weighted by Gasteiger charge is 2.37. The molecule has 0 N–H and O–H groups in total. The Morgan fingerprint density at radius 2 is 1.69 bits per heavy atom. The molecular weight excluding hydrogens is 401 g/mol. The molecule has 1 aliphatic rings. The lowest BCUT2D eigenvalue weighted by molar-refractivity contribution is 0.129. The van der Waals surface area contributed by atoms with Crippen LogP contribution in [-0.4, -0.2) is 31.6 Å². The number of benzene rings is 1. The first kappa shape index (κ1) is 24.3. The van der Waals surface area contributed by atoms with E-state index in [0.717, 1.165) is 31.2 Å². The minimum absolute atomic E-state index is 0.233. The molecule has 0 amide bonds. The van der Waals surface area contributed by atoms with E-state index < -0.39 is 19.4 Å². The monoisotopic (exact) mass is 438 g/mol. The van der Waals surface area contributed by atoms with Crippen LogP contribution >= 0.6 is 0 Å². The fourth-order valence-corrected chi connectivity index (χ4v) is 5.14. The van der Waals surface area contributed by atoms with Gasteiger partial charge in [0.05, 0.1) is 0 Å². The van der Waals surface area contributed by atoms with Crippen molar-refractivity contribution in [1.82, 2.24) is 0 Å². The van der Waals surface area contributed by atoms with Gasteiger partial charge in [-0.25, -0.2) is 14.8 Å². The van der Waals surface area contributed by atoms with Gasteiger partial charge >= 0.3 is 0 Å². The maximum Gasteiger partial charge on any atom is 0.179 e. The van der Waals surface area contributed by atoms with E-state index >= 15 is 0 Å². The Morgan fingerprint density at radius 1 is 1.14 bits per heavy atom. The third-order valence-corrected chi connectivity index (χ3v) is 10.7. The summed E-state index contributed by atoms with van der Waals surface area (Å²) in [7, 11) is -2.42. The van der Waals surface area contributed by atoms with E-state index in [0.29, 0.717) is 0 Å². The molecule has 2 rings (SSSR count). The van der Waals surface area contributed by atoms with E-state index in [-0.39, 0.29) is 27.1 Å². The molecule has 3 nitrogen and oxygen atoms in total. The Hall–Kier alpha value is -0.983. The van der Waals surface area contributed by atoms with Crippen molar-refractivity contribution < 1.29 is 13.0 Å². The van der Waals surface area contributed by atoms with E-state index in [1.165, 1.54) is 12.1 Å². The second-order valence-corrected chi connectivity index (χ2v) is 15.6. The minimum Gasteiger partial charge on any atom is -0.459 e. The van der Waals surface area contributed by atoms with Gasteiger partial charge in [-0.2, -0.15) is 0 Å². The average Bonchev–Trinajstić information content (AvgIpc) is 2.62. The first-order chi connectivity index (χ1) is 13.3. The van der Waals surface area contributed by atoms with Crippen LogP contribution in [0.3, 0.4) is 0 Å². The van der Waals surface area contributed by atoms with Crippen molar-refractivity contribution in [2.24, 2.45) is 4.99 Å². The standard InChI is InChI=1S/C23H37FNO2SSi/c1-21(2,3)28(26)17-25-16-23(18-8-10-19(24)11-9-18)14-12-20(13-15-23)27-29(7)22(4,5)6/h8-11,16-17,20,29H,12-15H2,1-7H3/q-1. The first-order valence-corrected chi connectivity index (χ1v) is 13.9. The SMILES string of the molecule is C[SiH](OC1CCC(C=NC=[S-](=O)C(C)(C)C)(c2ccc(F)cc2)CC1)C(C)(C)C. The van der Waals surface area contributed by atoms with Crippen LogP contribution in [0.25, 0.3) is 0 Å². The van der Waals surface area contributed by atoms with Gasteiger partial charge in [-0.15, -0.1) is 0 Å². The number of rotatable bonds is 5. The molecule has 0 saturated heterocycles. The molecule has 164 valence electrons. The van der Waals surface area contributed by atoms with E-state index in [4.69, 9.17) is 4.43 Å². The van der Waals surface area contributed by atoms with Gasteiger partial charge in [0, 0.05) is 17.7 Å². The van der Waals surface area contributed by atoms with Crippen molar-refractivity contribution in [2.75, 3.05) is 0 Å². The molecule has 0 heterocycles. The molecule has 1 aromatic rings. The number of hydrogen-bond donors (Lipinski definition) is 0. The molecule has 6 heteroatoms. The second kappa shape index (κ2) is 9.44. The van der Waals surface area contributed by atoms with Crippen LogP contribution in [0.1, 0.15) is 72.8 Å². The third-order valence-electron chi connectivity index (χ3n) is 5.94. The van der Waals surface area contributed by atoms with Gasteiger partial charge in [-0.05, 0) is 55.0 Å². The van der Waals surface area contributed by atoms with Crippen molar-refractivity contribution in [1.29, 1.82) is 0 Å². The van der Waals surface area contributed by atoms with Crippen LogP contribution in [-0.2, 0) is 24.4 Å². The largest absolute Gasteiger partial charge is 0.459 e. The Morgan fingerprint density at radius 3 is 2.17 bits per heavy atom. The van der Waals surface area contributed by atoms with Gasteiger partial charge in [-0.3, -0.25) is 4.99 Å². The van der Waals surface area contributed by atoms with Crippen LogP contribution < -0.4 is 0 Å². The normalized spacial score (nSPS) is 26.0. The van der Waals surface area contributed by atoms with Crippen molar-refractivity contribution in [2.45, 2.75) is 95.1 Å². The summed E-state index contributed by atoms with van der Waals surface area (Å²) < 4.78 is 32.0. The van der Waals surface area contributed by atoms with Crippen LogP contribution in [0.4, 0.5) is 4.39 Å². The third kappa shape index (κ3) is 6.76. The van der Waals surface area contributed by atoms with Gasteiger partial charge in [0.15, 0.2) is 9.04 Å². The highest BCUT2D eigenvalue weighted by atomic mass is 32.2. The number of nitrogens with zero attached hydrogens (tertiary/aromatic N) is 1. The van der Waals surface area contributed by atoms with E-state index in [2.05, 4.69) is 32.3 Å². The summed E-state index contributed by atoms with van der Waals surface area (Å²) in [5, 5.41) is 0.249. The van der Waals surface area contributed by atoms with Crippen molar-refractivity contribution in [3.05, 3.63) is 35.6 Å². The Kier molecular flexibility index (Phi) is 7.90. The fraction of sp³-hybridized carbons (Fsp3) is 0.652. The zero-order valence-electron chi connectivity index (χ0n) is 19.0. The summed E-state index contributed by atoms with van der Waals surface area (Å²) >= 11 is 0. The molecule has 1 fully saturated rings. The summed E-state index contributed by atoms with van der Waals surface area (Å²) in [5.41, 5.74) is 2.35. The van der Waals surface area contributed by atoms with Gasteiger partial charge in [0.1, 0.15) is 5.82 Å². The molecular formula is C23H37FNO2SSi-. The predicted molar refractivity (Wildman–Crippen MR) is 127 cm³/mol. The van der Waals surface area contributed by atoms with Crippen LogP contribution in [0.15, 0.2) is 29.3 Å².